The van der Waals surface area contributed by atoms with Crippen molar-refractivity contribution in [1.82, 2.24) is 0 Å². The van der Waals surface area contributed by atoms with Crippen LogP contribution in [0.1, 0.15) is 36.5 Å². The van der Waals surface area contributed by atoms with Gasteiger partial charge in [-0.15, -0.1) is 0 Å². The molecule has 30 heavy (non-hydrogen) atoms. The highest BCUT2D eigenvalue weighted by atomic mass is 15.1. The maximum atomic E-state index is 3.57. The molecule has 0 amide bonds. The third-order valence-corrected chi connectivity index (χ3v) is 5.62. The van der Waals surface area contributed by atoms with Crippen LogP contribution in [0.25, 0.3) is 10.8 Å². The molecule has 1 nitrogen and oxygen atoms in total. The molecule has 4 rings (SSSR count). The second-order valence-corrected chi connectivity index (χ2v) is 7.40. The van der Waals surface area contributed by atoms with Gasteiger partial charge in [0.25, 0.3) is 0 Å². The average molecular weight is 390 g/mol. The number of hydrogen-bond acceptors (Lipinski definition) is 1. The Bertz CT molecular complexity index is 1150. The van der Waals surface area contributed by atoms with E-state index in [9.17, 15) is 0 Å². The molecule has 0 radical (unpaired) electrons. The second-order valence-electron chi connectivity index (χ2n) is 7.40. The first-order valence-corrected chi connectivity index (χ1v) is 10.7. The van der Waals surface area contributed by atoms with Gasteiger partial charge in [0.2, 0.25) is 0 Å². The Morgan fingerprint density at radius 3 is 2.10 bits per heavy atom. The molecule has 0 saturated heterocycles. The summed E-state index contributed by atoms with van der Waals surface area (Å²) in [6, 6.07) is 34.3. The van der Waals surface area contributed by atoms with Gasteiger partial charge in [-0.05, 0) is 60.0 Å². The summed E-state index contributed by atoms with van der Waals surface area (Å²) < 4.78 is 0. The van der Waals surface area contributed by atoms with E-state index in [1.807, 2.05) is 18.2 Å². The summed E-state index contributed by atoms with van der Waals surface area (Å²) in [7, 11) is 0. The predicted molar refractivity (Wildman–Crippen MR) is 129 cm³/mol. The molecule has 0 aliphatic heterocycles. The fraction of sp³-hybridized carbons (Fsp3) is 0.172. The summed E-state index contributed by atoms with van der Waals surface area (Å²) in [6.07, 6.45) is 0. The van der Waals surface area contributed by atoms with E-state index in [4.69, 9.17) is 0 Å². The van der Waals surface area contributed by atoms with E-state index >= 15 is 0 Å². The lowest BCUT2D eigenvalue weighted by atomic mass is 9.88. The van der Waals surface area contributed by atoms with Gasteiger partial charge in [0.1, 0.15) is 0 Å². The first-order chi connectivity index (χ1) is 14.8. The van der Waals surface area contributed by atoms with Crippen molar-refractivity contribution in [3.63, 3.8) is 0 Å². The summed E-state index contributed by atoms with van der Waals surface area (Å²) in [5, 5.41) is 2.52. The Hall–Kier alpha value is -3.50. The molecule has 0 spiro atoms. The zero-order valence-corrected chi connectivity index (χ0v) is 17.7. The van der Waals surface area contributed by atoms with E-state index in [2.05, 4.69) is 109 Å². The lowest BCUT2D eigenvalue weighted by Gasteiger charge is -2.22. The summed E-state index contributed by atoms with van der Waals surface area (Å²) in [4.78, 5) is 2.37. The molecule has 1 heteroatoms. The van der Waals surface area contributed by atoms with Crippen molar-refractivity contribution in [2.24, 2.45) is 0 Å². The van der Waals surface area contributed by atoms with E-state index in [0.29, 0.717) is 0 Å². The predicted octanol–water partition coefficient (Wildman–Crippen LogP) is 6.87. The number of benzene rings is 4. The normalized spacial score (nSPS) is 11.5. The monoisotopic (exact) mass is 389 g/mol. The summed E-state index contributed by atoms with van der Waals surface area (Å²) in [5.41, 5.74) is 4.79. The molecule has 0 aliphatic rings. The smallest absolute Gasteiger partial charge is 0.0711 e. The Labute approximate surface area is 180 Å². The van der Waals surface area contributed by atoms with E-state index in [0.717, 1.165) is 18.7 Å². The van der Waals surface area contributed by atoms with Crippen molar-refractivity contribution >= 4 is 16.5 Å². The largest absolute Gasteiger partial charge is 0.372 e. The number of rotatable bonds is 5. The Morgan fingerprint density at radius 2 is 1.37 bits per heavy atom. The molecule has 0 aromatic heterocycles. The standard InChI is InChI=1S/C29H27N/c1-3-30(4-2)26-20-18-25(19-21-26)28(22-17-23-11-6-5-7-12-23)29-16-10-14-24-13-8-9-15-27(24)29/h5-16,18-21,28H,3-4H2,1-2H3. The molecule has 1 atom stereocenters. The van der Waals surface area contributed by atoms with E-state index in [1.54, 1.807) is 0 Å². The quantitative estimate of drug-likeness (QED) is 0.337. The van der Waals surface area contributed by atoms with Crippen molar-refractivity contribution < 1.29 is 0 Å². The van der Waals surface area contributed by atoms with Crippen molar-refractivity contribution in [3.8, 4) is 11.8 Å². The van der Waals surface area contributed by atoms with Gasteiger partial charge in [-0.25, -0.2) is 0 Å². The van der Waals surface area contributed by atoms with Gasteiger partial charge in [-0.2, -0.15) is 0 Å². The Kier molecular flexibility index (Phi) is 6.16. The molecule has 148 valence electrons. The lowest BCUT2D eigenvalue weighted by molar-refractivity contribution is 0.865. The molecule has 0 N–H and O–H groups in total. The van der Waals surface area contributed by atoms with Crippen LogP contribution < -0.4 is 4.90 Å². The van der Waals surface area contributed by atoms with E-state index in [-0.39, 0.29) is 5.92 Å². The summed E-state index contributed by atoms with van der Waals surface area (Å²) in [5.74, 6) is 7.00. The molecule has 0 bridgehead atoms. The summed E-state index contributed by atoms with van der Waals surface area (Å²) in [6.45, 7) is 6.41. The van der Waals surface area contributed by atoms with Gasteiger partial charge in [0.05, 0.1) is 5.92 Å². The van der Waals surface area contributed by atoms with Gasteiger partial charge in [0.15, 0.2) is 0 Å². The van der Waals surface area contributed by atoms with Crippen LogP contribution in [-0.2, 0) is 0 Å². The van der Waals surface area contributed by atoms with Crippen LogP contribution in [-0.4, -0.2) is 13.1 Å². The molecular formula is C29H27N. The molecular weight excluding hydrogens is 362 g/mol. The maximum Gasteiger partial charge on any atom is 0.0711 e. The molecule has 4 aromatic carbocycles. The first kappa shape index (κ1) is 19.8. The highest BCUT2D eigenvalue weighted by Crippen LogP contribution is 2.31. The van der Waals surface area contributed by atoms with Gasteiger partial charge < -0.3 is 4.90 Å². The fourth-order valence-electron chi connectivity index (χ4n) is 3.99. The fourth-order valence-corrected chi connectivity index (χ4v) is 3.99. The van der Waals surface area contributed by atoms with Crippen molar-refractivity contribution in [3.05, 3.63) is 114 Å². The van der Waals surface area contributed by atoms with Crippen LogP contribution in [0.5, 0.6) is 0 Å². The number of hydrogen-bond donors (Lipinski definition) is 0. The van der Waals surface area contributed by atoms with Crippen LogP contribution >= 0.6 is 0 Å². The zero-order chi connectivity index (χ0) is 20.8. The molecule has 0 fully saturated rings. The third-order valence-electron chi connectivity index (χ3n) is 5.62. The van der Waals surface area contributed by atoms with Crippen molar-refractivity contribution in [2.75, 3.05) is 18.0 Å². The van der Waals surface area contributed by atoms with Crippen LogP contribution in [0.2, 0.25) is 0 Å². The van der Waals surface area contributed by atoms with Gasteiger partial charge in [-0.1, -0.05) is 84.6 Å². The Morgan fingerprint density at radius 1 is 0.700 bits per heavy atom. The minimum absolute atomic E-state index is 0.0158. The molecule has 0 saturated carbocycles. The topological polar surface area (TPSA) is 3.24 Å². The molecule has 1 unspecified atom stereocenters. The van der Waals surface area contributed by atoms with Crippen LogP contribution in [0, 0.1) is 11.8 Å². The SMILES string of the molecule is CCN(CC)c1ccc(C(C#Cc2ccccc2)c2cccc3ccccc23)cc1. The van der Waals surface area contributed by atoms with Crippen LogP contribution in [0.4, 0.5) is 5.69 Å². The number of anilines is 1. The second kappa shape index (κ2) is 9.33. The first-order valence-electron chi connectivity index (χ1n) is 10.7. The zero-order valence-electron chi connectivity index (χ0n) is 17.7. The molecule has 0 aliphatic carbocycles. The minimum Gasteiger partial charge on any atom is -0.372 e. The molecule has 4 aromatic rings. The molecule has 0 heterocycles. The third kappa shape index (κ3) is 4.24. The highest BCUT2D eigenvalue weighted by Gasteiger charge is 2.15. The van der Waals surface area contributed by atoms with E-state index < -0.39 is 0 Å². The van der Waals surface area contributed by atoms with Gasteiger partial charge in [-0.3, -0.25) is 0 Å². The highest BCUT2D eigenvalue weighted by molar-refractivity contribution is 5.87. The average Bonchev–Trinajstić information content (AvgIpc) is 2.82. The number of nitrogens with zero attached hydrogens (tertiary/aromatic N) is 1. The summed E-state index contributed by atoms with van der Waals surface area (Å²) >= 11 is 0. The Balaban J connectivity index is 1.81. The van der Waals surface area contributed by atoms with Crippen molar-refractivity contribution in [2.45, 2.75) is 19.8 Å². The van der Waals surface area contributed by atoms with Gasteiger partial charge in [0, 0.05) is 24.3 Å². The lowest BCUT2D eigenvalue weighted by Crippen LogP contribution is -2.21. The number of fused-ring (bicyclic) bond motifs is 1. The minimum atomic E-state index is 0.0158. The van der Waals surface area contributed by atoms with Crippen LogP contribution in [0.3, 0.4) is 0 Å². The maximum absolute atomic E-state index is 3.57. The van der Waals surface area contributed by atoms with Crippen LogP contribution in [0.15, 0.2) is 97.1 Å². The van der Waals surface area contributed by atoms with Crippen molar-refractivity contribution in [1.29, 1.82) is 0 Å². The van der Waals surface area contributed by atoms with Gasteiger partial charge >= 0.3 is 0 Å². The van der Waals surface area contributed by atoms with E-state index in [1.165, 1.54) is 27.6 Å².